The zero-order chi connectivity index (χ0) is 19.1. The van der Waals surface area contributed by atoms with Crippen molar-refractivity contribution in [3.8, 4) is 0 Å². The van der Waals surface area contributed by atoms with Crippen LogP contribution in [0.15, 0.2) is 48.7 Å². The van der Waals surface area contributed by atoms with E-state index in [1.807, 2.05) is 12.1 Å². The molecule has 0 saturated carbocycles. The molecule has 1 aromatic carbocycles. The van der Waals surface area contributed by atoms with Crippen LogP contribution in [0.4, 0.5) is 5.82 Å². The van der Waals surface area contributed by atoms with E-state index in [1.165, 1.54) is 24.9 Å². The molecule has 144 valence electrons. The minimum atomic E-state index is -0.0173. The fourth-order valence-electron chi connectivity index (χ4n) is 3.60. The molecule has 1 fully saturated rings. The number of piperidine rings is 1. The molecule has 5 nitrogen and oxygen atoms in total. The molecule has 1 saturated heterocycles. The Morgan fingerprint density at radius 3 is 2.74 bits per heavy atom. The summed E-state index contributed by atoms with van der Waals surface area (Å²) in [5.41, 5.74) is 2.04. The van der Waals surface area contributed by atoms with Gasteiger partial charge < -0.3 is 15.1 Å². The summed E-state index contributed by atoms with van der Waals surface area (Å²) in [4.78, 5) is 20.5. The number of rotatable bonds is 7. The van der Waals surface area contributed by atoms with E-state index in [4.69, 9.17) is 0 Å². The number of likely N-dealkylation sites (tertiary alicyclic amines) is 1. The molecule has 0 aliphatic carbocycles. The maximum Gasteiger partial charge on any atom is 0.254 e. The number of hydrogen-bond acceptors (Lipinski definition) is 4. The van der Waals surface area contributed by atoms with Gasteiger partial charge in [-0.15, -0.1) is 0 Å². The second-order valence-corrected chi connectivity index (χ2v) is 7.50. The number of pyridine rings is 1. The van der Waals surface area contributed by atoms with E-state index in [9.17, 15) is 4.79 Å². The highest BCUT2D eigenvalue weighted by Gasteiger charge is 2.20. The van der Waals surface area contributed by atoms with E-state index >= 15 is 0 Å². The Bertz CT molecular complexity index is 715. The number of carbonyl (C=O) groups excluding carboxylic acids is 1. The molecule has 1 N–H and O–H groups in total. The maximum atomic E-state index is 12.0. The Balaban J connectivity index is 1.46. The highest BCUT2D eigenvalue weighted by molar-refractivity contribution is 5.93. The third kappa shape index (κ3) is 5.79. The van der Waals surface area contributed by atoms with Gasteiger partial charge in [-0.25, -0.2) is 4.98 Å². The topological polar surface area (TPSA) is 48.5 Å². The smallest absolute Gasteiger partial charge is 0.254 e. The number of amides is 1. The van der Waals surface area contributed by atoms with Crippen LogP contribution in [0.5, 0.6) is 0 Å². The monoisotopic (exact) mass is 366 g/mol. The standard InChI is InChI=1S/C22H30N4O/c1-25(2)22(27)19-12-13-21(23-16-19)24-20-11-7-15-26(17-20)14-6-10-18-8-4-3-5-9-18/h3-5,8-9,12-13,16,20H,6-7,10-11,14-15,17H2,1-2H3,(H,23,24)/t20-/m0/s1. The Kier molecular flexibility index (Phi) is 6.82. The average molecular weight is 367 g/mol. The largest absolute Gasteiger partial charge is 0.366 e. The van der Waals surface area contributed by atoms with Crippen molar-refractivity contribution in [2.75, 3.05) is 39.0 Å². The summed E-state index contributed by atoms with van der Waals surface area (Å²) >= 11 is 0. The van der Waals surface area contributed by atoms with Crippen LogP contribution in [0, 0.1) is 0 Å². The minimum absolute atomic E-state index is 0.0173. The first-order chi connectivity index (χ1) is 13.1. The number of aromatic nitrogens is 1. The first-order valence-corrected chi connectivity index (χ1v) is 9.82. The van der Waals surface area contributed by atoms with E-state index in [2.05, 4.69) is 45.5 Å². The summed E-state index contributed by atoms with van der Waals surface area (Å²) < 4.78 is 0. The summed E-state index contributed by atoms with van der Waals surface area (Å²) in [5, 5.41) is 3.54. The van der Waals surface area contributed by atoms with Gasteiger partial charge in [0.05, 0.1) is 5.56 Å². The lowest BCUT2D eigenvalue weighted by Gasteiger charge is -2.33. The van der Waals surface area contributed by atoms with Crippen molar-refractivity contribution in [3.63, 3.8) is 0 Å². The second-order valence-electron chi connectivity index (χ2n) is 7.50. The van der Waals surface area contributed by atoms with E-state index in [-0.39, 0.29) is 5.91 Å². The quantitative estimate of drug-likeness (QED) is 0.817. The molecule has 1 aliphatic rings. The van der Waals surface area contributed by atoms with E-state index in [0.717, 1.165) is 31.7 Å². The molecule has 0 radical (unpaired) electrons. The van der Waals surface area contributed by atoms with Gasteiger partial charge in [0.15, 0.2) is 0 Å². The summed E-state index contributed by atoms with van der Waals surface area (Å²) in [6.07, 6.45) is 6.36. The summed E-state index contributed by atoms with van der Waals surface area (Å²) in [5.74, 6) is 0.831. The Morgan fingerprint density at radius 2 is 2.04 bits per heavy atom. The minimum Gasteiger partial charge on any atom is -0.366 e. The number of hydrogen-bond donors (Lipinski definition) is 1. The molecule has 3 rings (SSSR count). The van der Waals surface area contributed by atoms with E-state index in [1.54, 1.807) is 25.2 Å². The number of anilines is 1. The third-order valence-corrected chi connectivity index (χ3v) is 5.06. The van der Waals surface area contributed by atoms with Gasteiger partial charge in [-0.1, -0.05) is 30.3 Å². The van der Waals surface area contributed by atoms with Crippen molar-refractivity contribution in [1.29, 1.82) is 0 Å². The first-order valence-electron chi connectivity index (χ1n) is 9.82. The van der Waals surface area contributed by atoms with Crippen LogP contribution in [-0.4, -0.2) is 60.5 Å². The third-order valence-electron chi connectivity index (χ3n) is 5.06. The lowest BCUT2D eigenvalue weighted by molar-refractivity contribution is 0.0827. The van der Waals surface area contributed by atoms with Gasteiger partial charge in [-0.05, 0) is 56.5 Å². The molecule has 5 heteroatoms. The summed E-state index contributed by atoms with van der Waals surface area (Å²) in [6.45, 7) is 3.36. The van der Waals surface area contributed by atoms with Crippen molar-refractivity contribution in [3.05, 3.63) is 59.8 Å². The van der Waals surface area contributed by atoms with Crippen molar-refractivity contribution >= 4 is 11.7 Å². The molecule has 1 aliphatic heterocycles. The predicted molar refractivity (Wildman–Crippen MR) is 110 cm³/mol. The van der Waals surface area contributed by atoms with E-state index in [0.29, 0.717) is 11.6 Å². The van der Waals surface area contributed by atoms with Crippen LogP contribution < -0.4 is 5.32 Å². The summed E-state index contributed by atoms with van der Waals surface area (Å²) in [6, 6.07) is 14.9. The molecule has 1 atom stereocenters. The van der Waals surface area contributed by atoms with Crippen LogP contribution >= 0.6 is 0 Å². The van der Waals surface area contributed by atoms with E-state index < -0.39 is 0 Å². The van der Waals surface area contributed by atoms with Crippen LogP contribution in [0.25, 0.3) is 0 Å². The van der Waals surface area contributed by atoms with Crippen LogP contribution in [0.1, 0.15) is 35.2 Å². The molecule has 2 aromatic rings. The molecule has 2 heterocycles. The van der Waals surface area contributed by atoms with Crippen molar-refractivity contribution < 1.29 is 4.79 Å². The molecule has 0 bridgehead atoms. The molecule has 27 heavy (non-hydrogen) atoms. The number of nitrogens with zero attached hydrogens (tertiary/aromatic N) is 3. The maximum absolute atomic E-state index is 12.0. The highest BCUT2D eigenvalue weighted by atomic mass is 16.2. The number of aryl methyl sites for hydroxylation is 1. The molecular weight excluding hydrogens is 336 g/mol. The van der Waals surface area contributed by atoms with Gasteiger partial charge in [0, 0.05) is 32.9 Å². The van der Waals surface area contributed by atoms with Gasteiger partial charge in [0.2, 0.25) is 0 Å². The molecule has 1 aromatic heterocycles. The fraction of sp³-hybridized carbons (Fsp3) is 0.455. The van der Waals surface area contributed by atoms with Gasteiger partial charge in [0.25, 0.3) is 5.91 Å². The van der Waals surface area contributed by atoms with Gasteiger partial charge in [-0.2, -0.15) is 0 Å². The average Bonchev–Trinajstić information content (AvgIpc) is 2.69. The molecular formula is C22H30N4O. The molecule has 1 amide bonds. The van der Waals surface area contributed by atoms with Crippen LogP contribution in [-0.2, 0) is 6.42 Å². The number of benzene rings is 1. The normalized spacial score (nSPS) is 17.5. The van der Waals surface area contributed by atoms with Crippen molar-refractivity contribution in [2.24, 2.45) is 0 Å². The Labute approximate surface area is 162 Å². The highest BCUT2D eigenvalue weighted by Crippen LogP contribution is 2.16. The lowest BCUT2D eigenvalue weighted by Crippen LogP contribution is -2.42. The Morgan fingerprint density at radius 1 is 1.22 bits per heavy atom. The molecule has 0 spiro atoms. The van der Waals surface area contributed by atoms with Gasteiger partial charge in [0.1, 0.15) is 5.82 Å². The zero-order valence-electron chi connectivity index (χ0n) is 16.4. The van der Waals surface area contributed by atoms with Gasteiger partial charge >= 0.3 is 0 Å². The molecule has 0 unspecified atom stereocenters. The predicted octanol–water partition coefficient (Wildman–Crippen LogP) is 3.29. The van der Waals surface area contributed by atoms with Crippen LogP contribution in [0.3, 0.4) is 0 Å². The van der Waals surface area contributed by atoms with Crippen LogP contribution in [0.2, 0.25) is 0 Å². The Hall–Kier alpha value is -2.40. The van der Waals surface area contributed by atoms with Crippen molar-refractivity contribution in [1.82, 2.24) is 14.8 Å². The number of carbonyl (C=O) groups is 1. The second kappa shape index (κ2) is 9.51. The number of nitrogens with one attached hydrogen (secondary N) is 1. The zero-order valence-corrected chi connectivity index (χ0v) is 16.4. The lowest BCUT2D eigenvalue weighted by atomic mass is 10.0. The van der Waals surface area contributed by atoms with Gasteiger partial charge in [-0.3, -0.25) is 4.79 Å². The SMILES string of the molecule is CN(C)C(=O)c1ccc(N[C@H]2CCCN(CCCc3ccccc3)C2)nc1. The fourth-order valence-corrected chi connectivity index (χ4v) is 3.60. The first kappa shape index (κ1) is 19.4. The van der Waals surface area contributed by atoms with Crippen molar-refractivity contribution in [2.45, 2.75) is 31.7 Å². The summed E-state index contributed by atoms with van der Waals surface area (Å²) in [7, 11) is 3.51.